The van der Waals surface area contributed by atoms with Gasteiger partial charge in [-0.1, -0.05) is 13.8 Å². The van der Waals surface area contributed by atoms with Gasteiger partial charge in [0.05, 0.1) is 12.7 Å². The summed E-state index contributed by atoms with van der Waals surface area (Å²) in [7, 11) is 0. The fraction of sp³-hybridized carbons (Fsp3) is 0.923. The summed E-state index contributed by atoms with van der Waals surface area (Å²) in [4.78, 5) is 13.2. The Bertz CT molecular complexity index is 427. The van der Waals surface area contributed by atoms with Gasteiger partial charge in [0.1, 0.15) is 12.1 Å². The molecule has 3 atom stereocenters. The van der Waals surface area contributed by atoms with E-state index in [1.54, 1.807) is 13.8 Å². The molecule has 1 saturated carbocycles. The lowest BCUT2D eigenvalue weighted by atomic mass is 9.47. The minimum absolute atomic E-state index is 0.201. The first-order chi connectivity index (χ1) is 9.55. The number of aliphatic hydroxyl groups excluding tert-OH is 1. The second kappa shape index (κ2) is 5.10. The molecule has 1 heterocycles. The summed E-state index contributed by atoms with van der Waals surface area (Å²) >= 11 is 0. The lowest BCUT2D eigenvalue weighted by Gasteiger charge is -2.61. The molecule has 21 heavy (non-hydrogen) atoms. The van der Waals surface area contributed by atoms with Gasteiger partial charge in [0.25, 0.3) is 0 Å². The van der Waals surface area contributed by atoms with Gasteiger partial charge in [-0.3, -0.25) is 4.79 Å². The van der Waals surface area contributed by atoms with Crippen LogP contribution in [0.2, 0.25) is 0 Å². The molecule has 5 nitrogen and oxygen atoms in total. The molecule has 122 valence electrons. The monoisotopic (exact) mass is 310 g/mol. The largest absolute Gasteiger partial charge is 0.406 e. The first kappa shape index (κ1) is 16.5. The molecule has 3 unspecified atom stereocenters. The molecule has 1 aliphatic heterocycles. The van der Waals surface area contributed by atoms with Gasteiger partial charge < -0.3 is 20.5 Å². The summed E-state index contributed by atoms with van der Waals surface area (Å²) < 4.78 is 43.4. The number of aliphatic hydroxyl groups is 1. The number of fused-ring (bicyclic) bond motifs is 1. The number of hydrogen-bond acceptors (Lipinski definition) is 4. The van der Waals surface area contributed by atoms with Crippen LogP contribution in [0.4, 0.5) is 13.2 Å². The molecule has 0 spiro atoms. The Balaban J connectivity index is 2.23. The molecule has 1 saturated heterocycles. The average Bonchev–Trinajstić information content (AvgIpc) is 2.82. The minimum atomic E-state index is -4.53. The quantitative estimate of drug-likeness (QED) is 0.793. The topological polar surface area (TPSA) is 75.8 Å². The van der Waals surface area contributed by atoms with Crippen LogP contribution in [0.3, 0.4) is 0 Å². The van der Waals surface area contributed by atoms with Crippen LogP contribution in [0.1, 0.15) is 20.3 Å². The lowest BCUT2D eigenvalue weighted by molar-refractivity contribution is -0.195. The van der Waals surface area contributed by atoms with Crippen LogP contribution < -0.4 is 5.73 Å². The van der Waals surface area contributed by atoms with Crippen LogP contribution in [0.5, 0.6) is 0 Å². The van der Waals surface area contributed by atoms with Crippen LogP contribution in [-0.4, -0.2) is 60.0 Å². The van der Waals surface area contributed by atoms with Crippen LogP contribution in [-0.2, 0) is 9.53 Å². The number of amides is 1. The fourth-order valence-electron chi connectivity index (χ4n) is 3.67. The predicted octanol–water partition coefficient (Wildman–Crippen LogP) is 0.512. The minimum Gasteiger partial charge on any atom is -0.395 e. The zero-order valence-corrected chi connectivity index (χ0v) is 12.1. The molecule has 0 radical (unpaired) electrons. The summed E-state index contributed by atoms with van der Waals surface area (Å²) in [5.41, 5.74) is 4.13. The maximum atomic E-state index is 12.6. The second-order valence-corrected chi connectivity index (χ2v) is 6.34. The molecule has 1 aliphatic carbocycles. The highest BCUT2D eigenvalue weighted by Gasteiger charge is 2.72. The molecule has 2 rings (SSSR count). The van der Waals surface area contributed by atoms with Gasteiger partial charge in [-0.2, -0.15) is 13.2 Å². The number of nitrogens with zero attached hydrogens (tertiary/aromatic N) is 1. The van der Waals surface area contributed by atoms with Crippen LogP contribution in [0.25, 0.3) is 0 Å². The summed E-state index contributed by atoms with van der Waals surface area (Å²) in [5, 5.41) is 8.93. The van der Waals surface area contributed by atoms with E-state index in [4.69, 9.17) is 15.6 Å². The fourth-order valence-corrected chi connectivity index (χ4v) is 3.67. The van der Waals surface area contributed by atoms with Crippen molar-refractivity contribution < 1.29 is 27.8 Å². The van der Waals surface area contributed by atoms with Gasteiger partial charge in [-0.15, -0.1) is 0 Å². The Morgan fingerprint density at radius 3 is 2.62 bits per heavy atom. The van der Waals surface area contributed by atoms with E-state index in [-0.39, 0.29) is 18.6 Å². The number of hydrogen-bond donors (Lipinski definition) is 2. The molecular weight excluding hydrogens is 289 g/mol. The number of carbonyl (C=O) groups is 1. The number of carbonyl (C=O) groups excluding carboxylic acids is 1. The summed E-state index contributed by atoms with van der Waals surface area (Å²) in [6.07, 6.45) is -4.16. The number of alkyl halides is 3. The predicted molar refractivity (Wildman–Crippen MR) is 68.3 cm³/mol. The van der Waals surface area contributed by atoms with Crippen molar-refractivity contribution in [2.75, 3.05) is 26.3 Å². The van der Waals surface area contributed by atoms with Crippen molar-refractivity contribution in [1.82, 2.24) is 4.90 Å². The third kappa shape index (κ3) is 2.43. The average molecular weight is 310 g/mol. The molecule has 0 bridgehead atoms. The molecule has 0 aromatic rings. The second-order valence-electron chi connectivity index (χ2n) is 6.34. The summed E-state index contributed by atoms with van der Waals surface area (Å²) in [6, 6.07) is 0. The van der Waals surface area contributed by atoms with Crippen molar-refractivity contribution in [1.29, 1.82) is 0 Å². The van der Waals surface area contributed by atoms with E-state index < -0.39 is 36.2 Å². The van der Waals surface area contributed by atoms with Crippen molar-refractivity contribution in [3.63, 3.8) is 0 Å². The summed E-state index contributed by atoms with van der Waals surface area (Å²) in [5.74, 6) is -1.03. The van der Waals surface area contributed by atoms with E-state index in [1.165, 1.54) is 0 Å². The van der Waals surface area contributed by atoms with E-state index in [9.17, 15) is 18.0 Å². The van der Waals surface area contributed by atoms with Gasteiger partial charge in [0.2, 0.25) is 5.91 Å². The number of halogens is 3. The highest BCUT2D eigenvalue weighted by atomic mass is 19.4. The highest BCUT2D eigenvalue weighted by molar-refractivity contribution is 5.89. The Labute approximate surface area is 121 Å². The zero-order chi connectivity index (χ0) is 16.1. The van der Waals surface area contributed by atoms with Gasteiger partial charge in [0, 0.05) is 24.5 Å². The molecule has 2 aliphatic rings. The smallest absolute Gasteiger partial charge is 0.395 e. The standard InChI is InChI=1S/C13H21F3N2O3/c1-11(2)9-8(3-6-21-9)13(11,17)10(20)18(4-5-19)7-12(14,15)16/h8-9,19H,3-7,17H2,1-2H3. The van der Waals surface area contributed by atoms with Crippen LogP contribution in [0.15, 0.2) is 0 Å². The summed E-state index contributed by atoms with van der Waals surface area (Å²) in [6.45, 7) is 1.61. The number of ether oxygens (including phenoxy) is 1. The van der Waals surface area contributed by atoms with Crippen molar-refractivity contribution in [2.45, 2.75) is 38.1 Å². The Morgan fingerprint density at radius 2 is 2.10 bits per heavy atom. The van der Waals surface area contributed by atoms with Gasteiger partial charge in [0.15, 0.2) is 0 Å². The Morgan fingerprint density at radius 1 is 1.48 bits per heavy atom. The molecule has 0 aromatic heterocycles. The molecular formula is C13H21F3N2O3. The molecule has 8 heteroatoms. The van der Waals surface area contributed by atoms with Crippen LogP contribution >= 0.6 is 0 Å². The van der Waals surface area contributed by atoms with E-state index in [0.29, 0.717) is 17.9 Å². The Kier molecular flexibility index (Phi) is 4.01. The zero-order valence-electron chi connectivity index (χ0n) is 12.1. The molecule has 1 amide bonds. The Hall–Kier alpha value is -0.860. The van der Waals surface area contributed by atoms with E-state index in [1.807, 2.05) is 0 Å². The van der Waals surface area contributed by atoms with Crippen molar-refractivity contribution in [2.24, 2.45) is 17.1 Å². The lowest BCUT2D eigenvalue weighted by Crippen LogP contribution is -2.80. The van der Waals surface area contributed by atoms with Crippen molar-refractivity contribution >= 4 is 5.91 Å². The van der Waals surface area contributed by atoms with Crippen LogP contribution in [0, 0.1) is 11.3 Å². The number of nitrogens with two attached hydrogens (primary N) is 1. The molecule has 2 fully saturated rings. The molecule has 0 aromatic carbocycles. The highest BCUT2D eigenvalue weighted by Crippen LogP contribution is 2.58. The van der Waals surface area contributed by atoms with Crippen molar-refractivity contribution in [3.8, 4) is 0 Å². The number of rotatable bonds is 4. The third-order valence-corrected chi connectivity index (χ3v) is 4.84. The maximum absolute atomic E-state index is 12.6. The van der Waals surface area contributed by atoms with Gasteiger partial charge >= 0.3 is 6.18 Å². The first-order valence-corrected chi connectivity index (χ1v) is 6.93. The van der Waals surface area contributed by atoms with E-state index >= 15 is 0 Å². The SMILES string of the molecule is CC1(C)C2OCCC2C1(N)C(=O)N(CCO)CC(F)(F)F. The third-order valence-electron chi connectivity index (χ3n) is 4.84. The van der Waals surface area contributed by atoms with E-state index in [0.717, 1.165) is 0 Å². The van der Waals surface area contributed by atoms with E-state index in [2.05, 4.69) is 0 Å². The van der Waals surface area contributed by atoms with Gasteiger partial charge in [-0.25, -0.2) is 0 Å². The first-order valence-electron chi connectivity index (χ1n) is 6.93. The normalized spacial score (nSPS) is 34.2. The van der Waals surface area contributed by atoms with Gasteiger partial charge in [-0.05, 0) is 6.42 Å². The van der Waals surface area contributed by atoms with Crippen molar-refractivity contribution in [3.05, 3.63) is 0 Å². The molecule has 3 N–H and O–H groups in total. The maximum Gasteiger partial charge on any atom is 0.406 e.